The Labute approximate surface area is 121 Å². The zero-order valence-electron chi connectivity index (χ0n) is 13.4. The molecule has 110 valence electrons. The third-order valence-electron chi connectivity index (χ3n) is 3.83. The highest BCUT2D eigenvalue weighted by Crippen LogP contribution is 2.38. The van der Waals surface area contributed by atoms with Gasteiger partial charge in [-0.3, -0.25) is 0 Å². The average Bonchev–Trinajstić information content (AvgIpc) is 2.69. The number of aryl methyl sites for hydroxylation is 2. The molecule has 0 bridgehead atoms. The number of ether oxygens (including phenoxy) is 1. The highest BCUT2D eigenvalue weighted by molar-refractivity contribution is 5.69. The van der Waals surface area contributed by atoms with Crippen LogP contribution in [0.15, 0.2) is 12.1 Å². The Kier molecular flexibility index (Phi) is 3.81. The summed E-state index contributed by atoms with van der Waals surface area (Å²) in [6.45, 7) is 9.96. The van der Waals surface area contributed by atoms with Gasteiger partial charge in [0.25, 0.3) is 0 Å². The molecule has 0 heterocycles. The molecule has 20 heavy (non-hydrogen) atoms. The van der Waals surface area contributed by atoms with Crippen molar-refractivity contribution in [2.45, 2.75) is 59.1 Å². The van der Waals surface area contributed by atoms with Crippen molar-refractivity contribution in [3.8, 4) is 0 Å². The van der Waals surface area contributed by atoms with Crippen LogP contribution in [0.4, 0.5) is 4.79 Å². The summed E-state index contributed by atoms with van der Waals surface area (Å²) in [6, 6.07) is 4.56. The minimum Gasteiger partial charge on any atom is -0.444 e. The van der Waals surface area contributed by atoms with Gasteiger partial charge < -0.3 is 9.64 Å². The summed E-state index contributed by atoms with van der Waals surface area (Å²) in [5, 5.41) is 0. The van der Waals surface area contributed by atoms with Crippen LogP contribution in [0, 0.1) is 13.8 Å². The summed E-state index contributed by atoms with van der Waals surface area (Å²) in [7, 11) is 1.84. The molecule has 1 aliphatic carbocycles. The van der Waals surface area contributed by atoms with Gasteiger partial charge in [0.15, 0.2) is 0 Å². The van der Waals surface area contributed by atoms with Gasteiger partial charge in [-0.1, -0.05) is 17.7 Å². The topological polar surface area (TPSA) is 29.5 Å². The number of rotatable bonds is 1. The molecule has 1 aromatic carbocycles. The molecular weight excluding hydrogens is 250 g/mol. The zero-order valence-corrected chi connectivity index (χ0v) is 13.4. The summed E-state index contributed by atoms with van der Waals surface area (Å²) in [4.78, 5) is 14.0. The number of amides is 1. The number of hydrogen-bond donors (Lipinski definition) is 0. The minimum absolute atomic E-state index is 0.137. The SMILES string of the molecule is Cc1cc(C)c2c(c1)C(N(C)C(=O)OC(C)(C)C)CC2. The van der Waals surface area contributed by atoms with Gasteiger partial charge in [0.1, 0.15) is 5.60 Å². The van der Waals surface area contributed by atoms with E-state index in [1.165, 1.54) is 22.3 Å². The van der Waals surface area contributed by atoms with Crippen molar-refractivity contribution < 1.29 is 9.53 Å². The Balaban J connectivity index is 2.23. The van der Waals surface area contributed by atoms with E-state index in [2.05, 4.69) is 26.0 Å². The Morgan fingerprint density at radius 1 is 1.30 bits per heavy atom. The molecule has 0 radical (unpaired) electrons. The van der Waals surface area contributed by atoms with Crippen LogP contribution in [0.2, 0.25) is 0 Å². The van der Waals surface area contributed by atoms with Crippen LogP contribution in [0.25, 0.3) is 0 Å². The molecule has 1 atom stereocenters. The van der Waals surface area contributed by atoms with Crippen LogP contribution in [-0.4, -0.2) is 23.6 Å². The largest absolute Gasteiger partial charge is 0.444 e. The predicted octanol–water partition coefficient (Wildman–Crippen LogP) is 4.16. The predicted molar refractivity (Wildman–Crippen MR) is 81.0 cm³/mol. The summed E-state index contributed by atoms with van der Waals surface area (Å²) >= 11 is 0. The number of hydrogen-bond acceptors (Lipinski definition) is 2. The van der Waals surface area contributed by atoms with E-state index in [4.69, 9.17) is 4.74 Å². The van der Waals surface area contributed by atoms with Crippen LogP contribution >= 0.6 is 0 Å². The van der Waals surface area contributed by atoms with Crippen molar-refractivity contribution >= 4 is 6.09 Å². The highest BCUT2D eigenvalue weighted by Gasteiger charge is 2.32. The van der Waals surface area contributed by atoms with Gasteiger partial charge in [-0.2, -0.15) is 0 Å². The molecule has 0 fully saturated rings. The fourth-order valence-electron chi connectivity index (χ4n) is 2.97. The van der Waals surface area contributed by atoms with Crippen molar-refractivity contribution in [3.63, 3.8) is 0 Å². The van der Waals surface area contributed by atoms with Gasteiger partial charge in [0.2, 0.25) is 0 Å². The lowest BCUT2D eigenvalue weighted by molar-refractivity contribution is 0.0220. The van der Waals surface area contributed by atoms with Gasteiger partial charge in [0.05, 0.1) is 6.04 Å². The van der Waals surface area contributed by atoms with Crippen LogP contribution in [0.3, 0.4) is 0 Å². The van der Waals surface area contributed by atoms with Crippen molar-refractivity contribution in [1.29, 1.82) is 0 Å². The summed E-state index contributed by atoms with van der Waals surface area (Å²) in [5.74, 6) is 0. The normalized spacial score (nSPS) is 17.8. The van der Waals surface area contributed by atoms with E-state index in [1.54, 1.807) is 4.90 Å². The molecule has 1 aliphatic rings. The molecule has 0 saturated carbocycles. The minimum atomic E-state index is -0.449. The second-order valence-corrected chi connectivity index (χ2v) is 6.80. The van der Waals surface area contributed by atoms with Crippen LogP contribution in [0.5, 0.6) is 0 Å². The molecule has 3 heteroatoms. The molecule has 1 unspecified atom stereocenters. The first-order chi connectivity index (χ1) is 9.19. The second-order valence-electron chi connectivity index (χ2n) is 6.80. The highest BCUT2D eigenvalue weighted by atomic mass is 16.6. The van der Waals surface area contributed by atoms with E-state index < -0.39 is 5.60 Å². The Morgan fingerprint density at radius 3 is 2.55 bits per heavy atom. The monoisotopic (exact) mass is 275 g/mol. The quantitative estimate of drug-likeness (QED) is 0.770. The lowest BCUT2D eigenvalue weighted by Crippen LogP contribution is -2.36. The Hall–Kier alpha value is -1.51. The van der Waals surface area contributed by atoms with Crippen molar-refractivity contribution in [2.75, 3.05) is 7.05 Å². The van der Waals surface area contributed by atoms with Gasteiger partial charge in [-0.15, -0.1) is 0 Å². The van der Waals surface area contributed by atoms with E-state index in [9.17, 15) is 4.79 Å². The third-order valence-corrected chi connectivity index (χ3v) is 3.83. The number of carbonyl (C=O) groups is 1. The zero-order chi connectivity index (χ0) is 15.1. The Morgan fingerprint density at radius 2 is 1.95 bits per heavy atom. The number of fused-ring (bicyclic) bond motifs is 1. The molecule has 0 saturated heterocycles. The lowest BCUT2D eigenvalue weighted by Gasteiger charge is -2.29. The van der Waals surface area contributed by atoms with Crippen LogP contribution in [0.1, 0.15) is 55.5 Å². The van der Waals surface area contributed by atoms with Gasteiger partial charge in [-0.05, 0) is 64.2 Å². The molecular formula is C17H25NO2. The van der Waals surface area contributed by atoms with Crippen molar-refractivity contribution in [3.05, 3.63) is 34.4 Å². The smallest absolute Gasteiger partial charge is 0.410 e. The van der Waals surface area contributed by atoms with E-state index in [1.807, 2.05) is 27.8 Å². The fraction of sp³-hybridized carbons (Fsp3) is 0.588. The van der Waals surface area contributed by atoms with E-state index in [0.717, 1.165) is 12.8 Å². The molecule has 0 spiro atoms. The van der Waals surface area contributed by atoms with Crippen molar-refractivity contribution in [1.82, 2.24) is 4.90 Å². The fourth-order valence-corrected chi connectivity index (χ4v) is 2.97. The molecule has 1 amide bonds. The van der Waals surface area contributed by atoms with Gasteiger partial charge >= 0.3 is 6.09 Å². The van der Waals surface area contributed by atoms with Crippen molar-refractivity contribution in [2.24, 2.45) is 0 Å². The molecule has 1 aromatic rings. The summed E-state index contributed by atoms with van der Waals surface area (Å²) in [6.07, 6.45) is 1.78. The maximum Gasteiger partial charge on any atom is 0.410 e. The molecule has 0 aromatic heterocycles. The molecule has 0 aliphatic heterocycles. The Bertz CT molecular complexity index is 529. The molecule has 3 nitrogen and oxygen atoms in total. The first-order valence-electron chi connectivity index (χ1n) is 7.25. The summed E-state index contributed by atoms with van der Waals surface area (Å²) in [5.41, 5.74) is 4.83. The standard InChI is InChI=1S/C17H25NO2/c1-11-9-12(2)13-7-8-15(14(13)10-11)18(6)16(19)20-17(3,4)5/h9-10,15H,7-8H2,1-6H3. The molecule has 2 rings (SSSR count). The van der Waals surface area contributed by atoms with E-state index >= 15 is 0 Å². The number of benzene rings is 1. The van der Waals surface area contributed by atoms with Crippen LogP contribution < -0.4 is 0 Å². The van der Waals surface area contributed by atoms with Gasteiger partial charge in [-0.25, -0.2) is 4.79 Å². The number of carbonyl (C=O) groups excluding carboxylic acids is 1. The first kappa shape index (κ1) is 14.9. The van der Waals surface area contributed by atoms with E-state index in [0.29, 0.717) is 0 Å². The third kappa shape index (κ3) is 2.97. The maximum absolute atomic E-state index is 12.2. The average molecular weight is 275 g/mol. The molecule has 0 N–H and O–H groups in total. The van der Waals surface area contributed by atoms with E-state index in [-0.39, 0.29) is 12.1 Å². The lowest BCUT2D eigenvalue weighted by atomic mass is 10.00. The first-order valence-corrected chi connectivity index (χ1v) is 7.25. The number of nitrogens with zero attached hydrogens (tertiary/aromatic N) is 1. The summed E-state index contributed by atoms with van der Waals surface area (Å²) < 4.78 is 5.47. The van der Waals surface area contributed by atoms with Gasteiger partial charge in [0, 0.05) is 7.05 Å². The van der Waals surface area contributed by atoms with Crippen LogP contribution in [-0.2, 0) is 11.2 Å². The second kappa shape index (κ2) is 5.12. The maximum atomic E-state index is 12.2.